The Hall–Kier alpha value is -1.24. The summed E-state index contributed by atoms with van der Waals surface area (Å²) in [5.41, 5.74) is 1.90. The summed E-state index contributed by atoms with van der Waals surface area (Å²) in [6.45, 7) is 5.33. The first-order valence-corrected chi connectivity index (χ1v) is 9.32. The van der Waals surface area contributed by atoms with E-state index in [2.05, 4.69) is 20.9 Å². The van der Waals surface area contributed by atoms with Crippen LogP contribution in [0.2, 0.25) is 0 Å². The van der Waals surface area contributed by atoms with Crippen LogP contribution >= 0.6 is 27.3 Å². The summed E-state index contributed by atoms with van der Waals surface area (Å²) in [4.78, 5) is 19.0. The number of ether oxygens (including phenoxy) is 1. The van der Waals surface area contributed by atoms with E-state index in [4.69, 9.17) is 4.74 Å². The molecule has 2 heterocycles. The van der Waals surface area contributed by atoms with Crippen LogP contribution in [0.25, 0.3) is 10.6 Å². The number of aromatic nitrogens is 1. The summed E-state index contributed by atoms with van der Waals surface area (Å²) in [5.74, 6) is 0.123. The van der Waals surface area contributed by atoms with Gasteiger partial charge in [-0.25, -0.2) is 4.98 Å². The van der Waals surface area contributed by atoms with Crippen LogP contribution in [0.1, 0.15) is 19.5 Å². The van der Waals surface area contributed by atoms with Crippen LogP contribution in [0.15, 0.2) is 34.1 Å². The highest BCUT2D eigenvalue weighted by molar-refractivity contribution is 9.10. The van der Waals surface area contributed by atoms with Crippen molar-refractivity contribution in [3.63, 3.8) is 0 Å². The van der Waals surface area contributed by atoms with Crippen molar-refractivity contribution in [2.75, 3.05) is 13.1 Å². The fourth-order valence-electron chi connectivity index (χ4n) is 2.79. The monoisotopic (exact) mass is 394 g/mol. The Balaban J connectivity index is 1.68. The molecule has 1 amide bonds. The lowest BCUT2D eigenvalue weighted by Crippen LogP contribution is -2.48. The largest absolute Gasteiger partial charge is 0.372 e. The fraction of sp³-hybridized carbons (Fsp3) is 0.412. The molecular weight excluding hydrogens is 376 g/mol. The molecule has 23 heavy (non-hydrogen) atoms. The normalized spacial score (nSPS) is 21.4. The lowest BCUT2D eigenvalue weighted by Gasteiger charge is -2.35. The summed E-state index contributed by atoms with van der Waals surface area (Å²) in [6.07, 6.45) is 0.537. The lowest BCUT2D eigenvalue weighted by atomic mass is 10.2. The Morgan fingerprint density at radius 2 is 2.13 bits per heavy atom. The topological polar surface area (TPSA) is 42.4 Å². The molecule has 1 saturated heterocycles. The molecule has 4 nitrogen and oxygen atoms in total. The minimum Gasteiger partial charge on any atom is -0.372 e. The van der Waals surface area contributed by atoms with Crippen molar-refractivity contribution in [3.8, 4) is 10.6 Å². The first-order valence-electron chi connectivity index (χ1n) is 7.65. The molecule has 0 aliphatic carbocycles. The maximum atomic E-state index is 12.5. The van der Waals surface area contributed by atoms with Crippen LogP contribution in [-0.4, -0.2) is 41.1 Å². The summed E-state index contributed by atoms with van der Waals surface area (Å²) in [7, 11) is 0. The minimum atomic E-state index is 0.0929. The van der Waals surface area contributed by atoms with Gasteiger partial charge in [0, 0.05) is 28.5 Å². The van der Waals surface area contributed by atoms with Gasteiger partial charge in [-0.2, -0.15) is 0 Å². The second-order valence-electron chi connectivity index (χ2n) is 5.89. The SMILES string of the molecule is C[C@@H]1CN(C(=O)Cc2csc(-c3cccc(Br)c3)n2)C[C@@H](C)O1. The van der Waals surface area contributed by atoms with E-state index < -0.39 is 0 Å². The zero-order valence-electron chi connectivity index (χ0n) is 13.2. The van der Waals surface area contributed by atoms with Gasteiger partial charge in [0.1, 0.15) is 5.01 Å². The highest BCUT2D eigenvalue weighted by atomic mass is 79.9. The van der Waals surface area contributed by atoms with Crippen molar-refractivity contribution >= 4 is 33.2 Å². The molecule has 0 unspecified atom stereocenters. The Kier molecular flexibility index (Phi) is 5.14. The predicted octanol–water partition coefficient (Wildman–Crippen LogP) is 3.75. The molecular formula is C17H19BrN2O2S. The van der Waals surface area contributed by atoms with Gasteiger partial charge in [-0.15, -0.1) is 11.3 Å². The summed E-state index contributed by atoms with van der Waals surface area (Å²) in [6, 6.07) is 8.04. The van der Waals surface area contributed by atoms with E-state index in [1.165, 1.54) is 0 Å². The molecule has 6 heteroatoms. The highest BCUT2D eigenvalue weighted by Crippen LogP contribution is 2.26. The standard InChI is InChI=1S/C17H19BrN2O2S/c1-11-8-20(9-12(2)22-11)16(21)7-15-10-23-17(19-15)13-4-3-5-14(18)6-13/h3-6,10-12H,7-9H2,1-2H3/t11-,12-/m1/s1. The van der Waals surface area contributed by atoms with Crippen molar-refractivity contribution in [3.05, 3.63) is 39.8 Å². The van der Waals surface area contributed by atoms with Gasteiger partial charge in [0.15, 0.2) is 0 Å². The summed E-state index contributed by atoms with van der Waals surface area (Å²) in [5, 5.41) is 2.92. The van der Waals surface area contributed by atoms with Gasteiger partial charge in [0.05, 0.1) is 24.3 Å². The van der Waals surface area contributed by atoms with Crippen LogP contribution in [0.3, 0.4) is 0 Å². The van der Waals surface area contributed by atoms with Crippen LogP contribution in [0.4, 0.5) is 0 Å². The Morgan fingerprint density at radius 1 is 1.39 bits per heavy atom. The van der Waals surface area contributed by atoms with Gasteiger partial charge >= 0.3 is 0 Å². The molecule has 2 atom stereocenters. The number of nitrogens with zero attached hydrogens (tertiary/aromatic N) is 2. The third kappa shape index (κ3) is 4.19. The maximum absolute atomic E-state index is 12.5. The number of carbonyl (C=O) groups is 1. The number of rotatable bonds is 3. The van der Waals surface area contributed by atoms with Gasteiger partial charge in [-0.05, 0) is 26.0 Å². The second kappa shape index (κ2) is 7.11. The molecule has 1 aromatic heterocycles. The van der Waals surface area contributed by atoms with Gasteiger partial charge in [0.25, 0.3) is 0 Å². The van der Waals surface area contributed by atoms with Crippen LogP contribution in [0, 0.1) is 0 Å². The molecule has 0 N–H and O–H groups in total. The zero-order chi connectivity index (χ0) is 16.4. The average molecular weight is 395 g/mol. The van der Waals surface area contributed by atoms with Crippen LogP contribution in [-0.2, 0) is 16.0 Å². The first-order chi connectivity index (χ1) is 11.0. The van der Waals surface area contributed by atoms with Crippen molar-refractivity contribution in [2.24, 2.45) is 0 Å². The van der Waals surface area contributed by atoms with E-state index in [0.717, 1.165) is 20.7 Å². The van der Waals surface area contributed by atoms with E-state index in [1.807, 2.05) is 48.4 Å². The van der Waals surface area contributed by atoms with E-state index in [9.17, 15) is 4.79 Å². The van der Waals surface area contributed by atoms with Gasteiger partial charge in [-0.3, -0.25) is 4.79 Å². The molecule has 0 spiro atoms. The molecule has 2 aromatic rings. The molecule has 1 aliphatic rings. The Bertz CT molecular complexity index is 693. The van der Waals surface area contributed by atoms with Gasteiger partial charge < -0.3 is 9.64 Å². The van der Waals surface area contributed by atoms with Crippen molar-refractivity contribution in [2.45, 2.75) is 32.5 Å². The number of halogens is 1. The number of benzene rings is 1. The maximum Gasteiger partial charge on any atom is 0.228 e. The molecule has 0 saturated carbocycles. The van der Waals surface area contributed by atoms with Crippen LogP contribution in [0.5, 0.6) is 0 Å². The van der Waals surface area contributed by atoms with E-state index in [1.54, 1.807) is 11.3 Å². The highest BCUT2D eigenvalue weighted by Gasteiger charge is 2.26. The lowest BCUT2D eigenvalue weighted by molar-refractivity contribution is -0.142. The van der Waals surface area contributed by atoms with Crippen molar-refractivity contribution in [1.82, 2.24) is 9.88 Å². The second-order valence-corrected chi connectivity index (χ2v) is 7.66. The number of morpholine rings is 1. The van der Waals surface area contributed by atoms with Crippen molar-refractivity contribution < 1.29 is 9.53 Å². The first kappa shape index (κ1) is 16.6. The number of carbonyl (C=O) groups excluding carboxylic acids is 1. The Labute approximate surface area is 148 Å². The van der Waals surface area contributed by atoms with Crippen LogP contribution < -0.4 is 0 Å². The third-order valence-corrected chi connectivity index (χ3v) is 5.16. The molecule has 3 rings (SSSR count). The van der Waals surface area contributed by atoms with Crippen molar-refractivity contribution in [1.29, 1.82) is 0 Å². The van der Waals surface area contributed by atoms with E-state index in [-0.39, 0.29) is 18.1 Å². The third-order valence-electron chi connectivity index (χ3n) is 3.73. The summed E-state index contributed by atoms with van der Waals surface area (Å²) < 4.78 is 6.70. The molecule has 0 radical (unpaired) electrons. The number of hydrogen-bond donors (Lipinski definition) is 0. The predicted molar refractivity (Wildman–Crippen MR) is 95.5 cm³/mol. The van der Waals surface area contributed by atoms with E-state index in [0.29, 0.717) is 19.5 Å². The van der Waals surface area contributed by atoms with Gasteiger partial charge in [0.2, 0.25) is 5.91 Å². The molecule has 122 valence electrons. The fourth-order valence-corrected chi connectivity index (χ4v) is 4.01. The summed E-state index contributed by atoms with van der Waals surface area (Å²) >= 11 is 5.05. The average Bonchev–Trinajstić information content (AvgIpc) is 2.95. The van der Waals surface area contributed by atoms with Gasteiger partial charge in [-0.1, -0.05) is 28.1 Å². The van der Waals surface area contributed by atoms with E-state index >= 15 is 0 Å². The Morgan fingerprint density at radius 3 is 2.83 bits per heavy atom. The molecule has 1 aliphatic heterocycles. The minimum absolute atomic E-state index is 0.0929. The number of amides is 1. The smallest absolute Gasteiger partial charge is 0.228 e. The molecule has 1 fully saturated rings. The number of thiazole rings is 1. The molecule has 1 aromatic carbocycles. The molecule has 0 bridgehead atoms. The number of hydrogen-bond acceptors (Lipinski definition) is 4. The quantitative estimate of drug-likeness (QED) is 0.795. The zero-order valence-corrected chi connectivity index (χ0v) is 15.6.